The number of rotatable bonds is 4. The lowest BCUT2D eigenvalue weighted by Gasteiger charge is -2.09. The van der Waals surface area contributed by atoms with Crippen LogP contribution in [0.15, 0.2) is 42.5 Å². The monoisotopic (exact) mass is 309 g/mol. The van der Waals surface area contributed by atoms with Gasteiger partial charge in [-0.1, -0.05) is 53.5 Å². The van der Waals surface area contributed by atoms with Gasteiger partial charge in [-0.2, -0.15) is 0 Å². The number of nitrogens with one attached hydrogen (secondary N) is 1. The van der Waals surface area contributed by atoms with Crippen LogP contribution in [0.3, 0.4) is 0 Å². The van der Waals surface area contributed by atoms with Crippen molar-refractivity contribution >= 4 is 29.1 Å². The summed E-state index contributed by atoms with van der Waals surface area (Å²) >= 11 is 12.0. The summed E-state index contributed by atoms with van der Waals surface area (Å²) in [6.45, 7) is 0.445. The van der Waals surface area contributed by atoms with Crippen molar-refractivity contribution in [2.45, 2.75) is 6.54 Å². The van der Waals surface area contributed by atoms with Gasteiger partial charge in [0.1, 0.15) is 0 Å². The standard InChI is InChI=1S/C15H13Cl2NO2/c1-20-14-12(16)7-11(8-13(14)17)15(19)18-9-10-5-3-2-4-6-10/h2-8H,9H2,1H3,(H,18,19). The van der Waals surface area contributed by atoms with Gasteiger partial charge in [0.05, 0.1) is 17.2 Å². The first-order valence-corrected chi connectivity index (χ1v) is 6.72. The van der Waals surface area contributed by atoms with Crippen LogP contribution in [0.5, 0.6) is 5.75 Å². The van der Waals surface area contributed by atoms with E-state index in [1.165, 1.54) is 19.2 Å². The van der Waals surface area contributed by atoms with Crippen molar-refractivity contribution in [1.29, 1.82) is 0 Å². The van der Waals surface area contributed by atoms with E-state index in [0.29, 0.717) is 27.9 Å². The Balaban J connectivity index is 2.10. The average molecular weight is 310 g/mol. The molecule has 0 heterocycles. The number of carbonyl (C=O) groups is 1. The van der Waals surface area contributed by atoms with Crippen LogP contribution in [-0.4, -0.2) is 13.0 Å². The Morgan fingerprint density at radius 2 is 1.75 bits per heavy atom. The molecule has 0 atom stereocenters. The Morgan fingerprint density at radius 1 is 1.15 bits per heavy atom. The third kappa shape index (κ3) is 3.44. The predicted molar refractivity (Wildman–Crippen MR) is 80.6 cm³/mol. The number of ether oxygens (including phenoxy) is 1. The zero-order valence-corrected chi connectivity index (χ0v) is 12.3. The van der Waals surface area contributed by atoms with E-state index < -0.39 is 0 Å². The van der Waals surface area contributed by atoms with E-state index in [1.807, 2.05) is 30.3 Å². The van der Waals surface area contributed by atoms with E-state index in [2.05, 4.69) is 5.32 Å². The lowest BCUT2D eigenvalue weighted by atomic mass is 10.2. The van der Waals surface area contributed by atoms with Gasteiger partial charge in [-0.15, -0.1) is 0 Å². The van der Waals surface area contributed by atoms with Gasteiger partial charge in [-0.3, -0.25) is 4.79 Å². The fraction of sp³-hybridized carbons (Fsp3) is 0.133. The Labute approximate surface area is 127 Å². The number of hydrogen-bond donors (Lipinski definition) is 1. The lowest BCUT2D eigenvalue weighted by molar-refractivity contribution is 0.0951. The average Bonchev–Trinajstić information content (AvgIpc) is 2.45. The molecule has 104 valence electrons. The smallest absolute Gasteiger partial charge is 0.251 e. The van der Waals surface area contributed by atoms with Crippen molar-refractivity contribution in [1.82, 2.24) is 5.32 Å². The molecule has 0 saturated carbocycles. The van der Waals surface area contributed by atoms with Crippen molar-refractivity contribution in [2.75, 3.05) is 7.11 Å². The fourth-order valence-corrected chi connectivity index (χ4v) is 2.41. The van der Waals surface area contributed by atoms with Gasteiger partial charge in [0.15, 0.2) is 5.75 Å². The molecular formula is C15H13Cl2NO2. The van der Waals surface area contributed by atoms with Crippen LogP contribution in [-0.2, 0) is 6.54 Å². The molecule has 2 aromatic rings. The summed E-state index contributed by atoms with van der Waals surface area (Å²) in [5.41, 5.74) is 1.42. The summed E-state index contributed by atoms with van der Waals surface area (Å²) in [5.74, 6) is 0.133. The number of halogens is 2. The highest BCUT2D eigenvalue weighted by Gasteiger charge is 2.13. The molecule has 0 aliphatic heterocycles. The van der Waals surface area contributed by atoms with Crippen LogP contribution in [0.2, 0.25) is 10.0 Å². The number of methoxy groups -OCH3 is 1. The highest BCUT2D eigenvalue weighted by molar-refractivity contribution is 6.37. The Morgan fingerprint density at radius 3 is 2.30 bits per heavy atom. The second-order valence-electron chi connectivity index (χ2n) is 4.14. The van der Waals surface area contributed by atoms with Crippen molar-refractivity contribution in [2.24, 2.45) is 0 Å². The molecular weight excluding hydrogens is 297 g/mol. The zero-order chi connectivity index (χ0) is 14.5. The van der Waals surface area contributed by atoms with E-state index in [0.717, 1.165) is 5.56 Å². The van der Waals surface area contributed by atoms with Crippen molar-refractivity contribution in [3.63, 3.8) is 0 Å². The van der Waals surface area contributed by atoms with Crippen molar-refractivity contribution < 1.29 is 9.53 Å². The number of benzene rings is 2. The molecule has 2 rings (SSSR count). The van der Waals surface area contributed by atoms with Crippen LogP contribution in [0.1, 0.15) is 15.9 Å². The van der Waals surface area contributed by atoms with Crippen LogP contribution in [0, 0.1) is 0 Å². The van der Waals surface area contributed by atoms with E-state index in [-0.39, 0.29) is 5.91 Å². The summed E-state index contributed by atoms with van der Waals surface area (Å²) in [4.78, 5) is 12.1. The first-order chi connectivity index (χ1) is 9.61. The first-order valence-electron chi connectivity index (χ1n) is 5.97. The summed E-state index contributed by atoms with van der Waals surface area (Å²) in [6, 6.07) is 12.7. The molecule has 20 heavy (non-hydrogen) atoms. The molecule has 0 spiro atoms. The fourth-order valence-electron chi connectivity index (χ4n) is 1.77. The van der Waals surface area contributed by atoms with Gasteiger partial charge < -0.3 is 10.1 Å². The first kappa shape index (κ1) is 14.7. The number of hydrogen-bond acceptors (Lipinski definition) is 2. The largest absolute Gasteiger partial charge is 0.494 e. The summed E-state index contributed by atoms with van der Waals surface area (Å²) < 4.78 is 5.04. The second-order valence-corrected chi connectivity index (χ2v) is 4.96. The highest BCUT2D eigenvalue weighted by atomic mass is 35.5. The van der Waals surface area contributed by atoms with Crippen LogP contribution in [0.4, 0.5) is 0 Å². The van der Waals surface area contributed by atoms with E-state index >= 15 is 0 Å². The Kier molecular flexibility index (Phi) is 4.88. The molecule has 0 unspecified atom stereocenters. The summed E-state index contributed by atoms with van der Waals surface area (Å²) in [7, 11) is 1.47. The molecule has 1 amide bonds. The third-order valence-corrected chi connectivity index (χ3v) is 3.32. The highest BCUT2D eigenvalue weighted by Crippen LogP contribution is 2.33. The second kappa shape index (κ2) is 6.64. The summed E-state index contributed by atoms with van der Waals surface area (Å²) in [6.07, 6.45) is 0. The van der Waals surface area contributed by atoms with Gasteiger partial charge in [0, 0.05) is 12.1 Å². The van der Waals surface area contributed by atoms with Gasteiger partial charge in [0.25, 0.3) is 5.91 Å². The molecule has 0 fully saturated rings. The lowest BCUT2D eigenvalue weighted by Crippen LogP contribution is -2.22. The van der Waals surface area contributed by atoms with E-state index in [1.54, 1.807) is 0 Å². The Bertz CT molecular complexity index is 592. The molecule has 5 heteroatoms. The maximum Gasteiger partial charge on any atom is 0.251 e. The quantitative estimate of drug-likeness (QED) is 0.929. The molecule has 0 aliphatic rings. The predicted octanol–water partition coefficient (Wildman–Crippen LogP) is 3.93. The minimum absolute atomic E-state index is 0.236. The van der Waals surface area contributed by atoms with Crippen molar-refractivity contribution in [3.8, 4) is 5.75 Å². The van der Waals surface area contributed by atoms with E-state index in [4.69, 9.17) is 27.9 Å². The van der Waals surface area contributed by atoms with Crippen LogP contribution in [0.25, 0.3) is 0 Å². The minimum atomic E-state index is -0.236. The van der Waals surface area contributed by atoms with Crippen molar-refractivity contribution in [3.05, 3.63) is 63.6 Å². The molecule has 3 nitrogen and oxygen atoms in total. The molecule has 0 bridgehead atoms. The van der Waals surface area contributed by atoms with Gasteiger partial charge >= 0.3 is 0 Å². The normalized spacial score (nSPS) is 10.2. The van der Waals surface area contributed by atoms with E-state index in [9.17, 15) is 4.79 Å². The maximum atomic E-state index is 12.1. The minimum Gasteiger partial charge on any atom is -0.494 e. The van der Waals surface area contributed by atoms with Gasteiger partial charge in [0.2, 0.25) is 0 Å². The van der Waals surface area contributed by atoms with Gasteiger partial charge in [-0.25, -0.2) is 0 Å². The molecule has 0 radical (unpaired) electrons. The SMILES string of the molecule is COc1c(Cl)cc(C(=O)NCc2ccccc2)cc1Cl. The van der Waals surface area contributed by atoms with Crippen LogP contribution < -0.4 is 10.1 Å². The molecule has 0 saturated heterocycles. The van der Waals surface area contributed by atoms with Gasteiger partial charge in [-0.05, 0) is 17.7 Å². The zero-order valence-electron chi connectivity index (χ0n) is 10.8. The summed E-state index contributed by atoms with van der Waals surface area (Å²) in [5, 5.41) is 3.43. The Hall–Kier alpha value is -1.71. The molecule has 1 N–H and O–H groups in total. The maximum absolute atomic E-state index is 12.1. The molecule has 0 aromatic heterocycles. The van der Waals surface area contributed by atoms with Crippen LogP contribution >= 0.6 is 23.2 Å². The third-order valence-electron chi connectivity index (χ3n) is 2.76. The molecule has 2 aromatic carbocycles. The molecule has 0 aliphatic carbocycles. The number of carbonyl (C=O) groups excluding carboxylic acids is 1. The number of amides is 1. The topological polar surface area (TPSA) is 38.3 Å².